The highest BCUT2D eigenvalue weighted by molar-refractivity contribution is 7.98. The average molecular weight is 1030 g/mol. The van der Waals surface area contributed by atoms with E-state index >= 15 is 0 Å². The number of unbranched alkanes of at least 4 members (excludes halogenated alkanes) is 1. The molecule has 0 unspecified atom stereocenters. The van der Waals surface area contributed by atoms with Crippen molar-refractivity contribution in [3.8, 4) is 5.75 Å². The molecule has 0 aliphatic rings. The van der Waals surface area contributed by atoms with E-state index in [0.717, 1.165) is 5.56 Å². The van der Waals surface area contributed by atoms with Crippen molar-refractivity contribution in [1.29, 1.82) is 0 Å². The van der Waals surface area contributed by atoms with Gasteiger partial charge in [-0.2, -0.15) is 11.8 Å². The minimum absolute atomic E-state index is 0.0728. The third-order valence-electron chi connectivity index (χ3n) is 11.4. The van der Waals surface area contributed by atoms with Crippen molar-refractivity contribution in [2.45, 2.75) is 140 Å². The number of aliphatic carboxylic acids is 1. The molecule has 0 saturated heterocycles. The summed E-state index contributed by atoms with van der Waals surface area (Å²) in [6.45, 7) is 7.78. The zero-order valence-electron chi connectivity index (χ0n) is 41.8. The van der Waals surface area contributed by atoms with Gasteiger partial charge in [0.05, 0.1) is 24.6 Å². The molecular formula is C48H75N11O12S. The minimum atomic E-state index is -1.60. The van der Waals surface area contributed by atoms with Gasteiger partial charge in [0.15, 0.2) is 0 Å². The molecule has 23 nitrogen and oxygen atoms in total. The Kier molecular flexibility index (Phi) is 27.4. The normalized spacial score (nSPS) is 15.4. The maximum Gasteiger partial charge on any atom is 0.326 e. The molecule has 0 fully saturated rings. The van der Waals surface area contributed by atoms with Gasteiger partial charge in [-0.05, 0) is 94.2 Å². The molecule has 0 aliphatic heterocycles. The fraction of sp³-hybridized carbons (Fsp3) is 0.562. The molecule has 17 N–H and O–H groups in total. The van der Waals surface area contributed by atoms with Crippen molar-refractivity contribution in [1.82, 2.24) is 42.5 Å². The largest absolute Gasteiger partial charge is 0.508 e. The van der Waals surface area contributed by atoms with E-state index in [1.165, 1.54) is 56.8 Å². The molecule has 0 heterocycles. The second-order valence-electron chi connectivity index (χ2n) is 17.9. The van der Waals surface area contributed by atoms with Crippen LogP contribution in [0, 0.1) is 5.92 Å². The number of phenolic OH excluding ortho intramolecular Hbond substituents is 1. The van der Waals surface area contributed by atoms with Crippen LogP contribution in [0.4, 0.5) is 0 Å². The molecule has 24 heteroatoms. The third kappa shape index (κ3) is 22.4. The van der Waals surface area contributed by atoms with E-state index in [9.17, 15) is 58.5 Å². The van der Waals surface area contributed by atoms with Gasteiger partial charge >= 0.3 is 5.97 Å². The van der Waals surface area contributed by atoms with Gasteiger partial charge in [0.1, 0.15) is 42.0 Å². The molecule has 2 aromatic carbocycles. The monoisotopic (exact) mass is 1030 g/mol. The Morgan fingerprint density at radius 3 is 1.74 bits per heavy atom. The van der Waals surface area contributed by atoms with Gasteiger partial charge in [-0.1, -0.05) is 62.7 Å². The highest BCUT2D eigenvalue weighted by Gasteiger charge is 2.35. The van der Waals surface area contributed by atoms with Crippen molar-refractivity contribution in [3.05, 3.63) is 65.7 Å². The number of carbonyl (C=O) groups is 9. The smallest absolute Gasteiger partial charge is 0.326 e. The molecular weight excluding hydrogens is 955 g/mol. The highest BCUT2D eigenvalue weighted by Crippen LogP contribution is 2.14. The number of aliphatic hydroxyl groups is 1. The molecule has 10 atom stereocenters. The van der Waals surface area contributed by atoms with E-state index in [-0.39, 0.29) is 31.6 Å². The van der Waals surface area contributed by atoms with Gasteiger partial charge in [-0.3, -0.25) is 38.4 Å². The van der Waals surface area contributed by atoms with E-state index in [1.807, 2.05) is 0 Å². The van der Waals surface area contributed by atoms with Gasteiger partial charge in [0, 0.05) is 19.0 Å². The first-order valence-electron chi connectivity index (χ1n) is 23.8. The first-order valence-corrected chi connectivity index (χ1v) is 25.2. The number of primary amides is 1. The zero-order valence-corrected chi connectivity index (χ0v) is 42.6. The number of benzene rings is 2. The summed E-state index contributed by atoms with van der Waals surface area (Å²) in [5.41, 5.74) is 18.3. The maximum atomic E-state index is 14.2. The lowest BCUT2D eigenvalue weighted by Gasteiger charge is -2.28. The second kappa shape index (κ2) is 31.9. The minimum Gasteiger partial charge on any atom is -0.508 e. The van der Waals surface area contributed by atoms with Crippen molar-refractivity contribution < 1.29 is 58.5 Å². The number of nitrogens with one attached hydrogen (secondary N) is 8. The molecule has 0 bridgehead atoms. The van der Waals surface area contributed by atoms with Crippen LogP contribution in [0.15, 0.2) is 54.6 Å². The zero-order chi connectivity index (χ0) is 54.1. The topological polar surface area (TPSA) is 389 Å². The Morgan fingerprint density at radius 2 is 1.17 bits per heavy atom. The standard InChI is InChI=1S/C48H75N11O12S/c1-26(2)39(58-42(64)28(4)53-43(65)34(50)14-10-11-20-49)46(68)57-36(23-31-15-17-33(61)18-16-31)45(67)56-37(24-38(51)62)44(66)54-32(22-30-12-8-7-9-13-30)25-52-27(3)41(63)59-40(29(5)60)47(69)55-35(48(70)71)19-21-72-6/h7-9,12-13,15-18,26-29,32,34-37,39-40,52,60-61H,10-11,14,19-25,49-50H2,1-6H3,(H2,51,62)(H,53,65)(H,54,66)(H,55,69)(H,56,67)(H,57,68)(H,58,64)(H,59,63)(H,70,71)/t27-,28-,29+,32-,34-,35-,36-,37-,39-,40-/m0/s1. The Hall–Kier alpha value is -6.34. The van der Waals surface area contributed by atoms with Crippen molar-refractivity contribution in [2.24, 2.45) is 23.1 Å². The number of carbonyl (C=O) groups excluding carboxylic acids is 8. The predicted octanol–water partition coefficient (Wildman–Crippen LogP) is -2.22. The Morgan fingerprint density at radius 1 is 0.611 bits per heavy atom. The molecule has 0 spiro atoms. The summed E-state index contributed by atoms with van der Waals surface area (Å²) < 4.78 is 0. The van der Waals surface area contributed by atoms with Crippen LogP contribution in [-0.4, -0.2) is 154 Å². The lowest BCUT2D eigenvalue weighted by atomic mass is 10.00. The van der Waals surface area contributed by atoms with Gasteiger partial charge in [0.25, 0.3) is 0 Å². The van der Waals surface area contributed by atoms with E-state index in [0.29, 0.717) is 37.1 Å². The fourth-order valence-electron chi connectivity index (χ4n) is 7.08. The number of hydrogen-bond donors (Lipinski definition) is 14. The van der Waals surface area contributed by atoms with Crippen molar-refractivity contribution in [2.75, 3.05) is 25.1 Å². The SMILES string of the molecule is CSCC[C@H](NC(=O)[C@@H](NC(=O)[C@H](C)NC[C@H](Cc1ccccc1)NC(=O)[C@H](CC(N)=O)NC(=O)[C@H](Cc1ccc(O)cc1)NC(=O)[C@@H](NC(=O)[C@H](C)NC(=O)[C@@H](N)CCCCN)C(C)C)[C@@H](C)O)C(=O)O. The van der Waals surface area contributed by atoms with Gasteiger partial charge < -0.3 is 75.1 Å². The quantitative estimate of drug-likeness (QED) is 0.0337. The Labute approximate surface area is 424 Å². The van der Waals surface area contributed by atoms with Crippen LogP contribution in [-0.2, 0) is 56.0 Å². The number of nitrogens with two attached hydrogens (primary N) is 3. The molecule has 0 saturated carbocycles. The van der Waals surface area contributed by atoms with Crippen LogP contribution in [0.3, 0.4) is 0 Å². The summed E-state index contributed by atoms with van der Waals surface area (Å²) in [5.74, 6) is -7.94. The summed E-state index contributed by atoms with van der Waals surface area (Å²) in [6, 6.07) is 3.72. The van der Waals surface area contributed by atoms with Gasteiger partial charge in [-0.15, -0.1) is 0 Å². The summed E-state index contributed by atoms with van der Waals surface area (Å²) in [7, 11) is 0. The molecule has 0 aliphatic carbocycles. The van der Waals surface area contributed by atoms with Crippen LogP contribution in [0.25, 0.3) is 0 Å². The van der Waals surface area contributed by atoms with Crippen molar-refractivity contribution in [3.63, 3.8) is 0 Å². The Balaban J connectivity index is 2.35. The number of amides is 8. The third-order valence-corrected chi connectivity index (χ3v) is 12.0. The lowest BCUT2D eigenvalue weighted by molar-refractivity contribution is -0.143. The Bertz CT molecular complexity index is 2100. The predicted molar refractivity (Wildman–Crippen MR) is 270 cm³/mol. The van der Waals surface area contributed by atoms with E-state index in [4.69, 9.17) is 17.2 Å². The summed E-state index contributed by atoms with van der Waals surface area (Å²) in [4.78, 5) is 119. The summed E-state index contributed by atoms with van der Waals surface area (Å²) >= 11 is 1.38. The molecule has 0 radical (unpaired) electrons. The number of carboxylic acids is 1. The van der Waals surface area contributed by atoms with E-state index in [1.54, 1.807) is 50.4 Å². The molecule has 2 aromatic rings. The van der Waals surface area contributed by atoms with Crippen LogP contribution in [0.5, 0.6) is 5.75 Å². The first kappa shape index (κ1) is 61.8. The fourth-order valence-corrected chi connectivity index (χ4v) is 7.56. The first-order chi connectivity index (χ1) is 34.0. The number of carboxylic acid groups (broad SMARTS) is 1. The molecule has 400 valence electrons. The lowest BCUT2D eigenvalue weighted by Crippen LogP contribution is -2.61. The molecule has 72 heavy (non-hydrogen) atoms. The highest BCUT2D eigenvalue weighted by atomic mass is 32.2. The van der Waals surface area contributed by atoms with Crippen LogP contribution in [0.1, 0.15) is 77.8 Å². The number of thioether (sulfide) groups is 1. The van der Waals surface area contributed by atoms with Crippen LogP contribution < -0.4 is 59.7 Å². The second-order valence-corrected chi connectivity index (χ2v) is 18.9. The number of hydrogen-bond acceptors (Lipinski definition) is 15. The average Bonchev–Trinajstić information content (AvgIpc) is 3.32. The molecule has 8 amide bonds. The molecule has 0 aromatic heterocycles. The summed E-state index contributed by atoms with van der Waals surface area (Å²) in [6.07, 6.45) is 1.39. The number of aromatic hydroxyl groups is 1. The van der Waals surface area contributed by atoms with E-state index < -0.39 is 126 Å². The van der Waals surface area contributed by atoms with Crippen LogP contribution in [0.2, 0.25) is 0 Å². The number of aliphatic hydroxyl groups excluding tert-OH is 1. The maximum absolute atomic E-state index is 14.2. The summed E-state index contributed by atoms with van der Waals surface area (Å²) in [5, 5.41) is 50.9. The van der Waals surface area contributed by atoms with Gasteiger partial charge in [0.2, 0.25) is 47.3 Å². The van der Waals surface area contributed by atoms with E-state index in [2.05, 4.69) is 42.5 Å². The van der Waals surface area contributed by atoms with Crippen LogP contribution >= 0.6 is 11.8 Å². The van der Waals surface area contributed by atoms with Gasteiger partial charge in [-0.25, -0.2) is 4.79 Å². The molecule has 2 rings (SSSR count). The van der Waals surface area contributed by atoms with Crippen molar-refractivity contribution >= 4 is 65.0 Å². The number of phenols is 1. The number of rotatable bonds is 33.